The molecule has 3 rings (SSSR count). The first-order chi connectivity index (χ1) is 9.34. The molecular formula is C17H19NO. The van der Waals surface area contributed by atoms with Crippen molar-refractivity contribution in [3.8, 4) is 5.75 Å². The molecule has 0 saturated carbocycles. The number of hydrogen-bond acceptors (Lipinski definition) is 2. The second-order valence-electron chi connectivity index (χ2n) is 5.09. The van der Waals surface area contributed by atoms with E-state index in [1.807, 2.05) is 6.07 Å². The summed E-state index contributed by atoms with van der Waals surface area (Å²) >= 11 is 0. The SMILES string of the molecule is CC(NCC1COc2ccccc21)c1ccccc1. The zero-order valence-corrected chi connectivity index (χ0v) is 11.2. The average Bonchev–Trinajstić information content (AvgIpc) is 2.89. The van der Waals surface area contributed by atoms with E-state index < -0.39 is 0 Å². The fraction of sp³-hybridized carbons (Fsp3) is 0.294. The molecule has 0 bridgehead atoms. The molecule has 1 aliphatic rings. The van der Waals surface area contributed by atoms with E-state index in [2.05, 4.69) is 60.8 Å². The minimum atomic E-state index is 0.369. The molecule has 2 nitrogen and oxygen atoms in total. The summed E-state index contributed by atoms with van der Waals surface area (Å²) in [4.78, 5) is 0. The van der Waals surface area contributed by atoms with Gasteiger partial charge in [0, 0.05) is 24.1 Å². The Morgan fingerprint density at radius 1 is 1.11 bits per heavy atom. The average molecular weight is 253 g/mol. The largest absolute Gasteiger partial charge is 0.493 e. The molecule has 0 spiro atoms. The molecule has 1 aliphatic heterocycles. The predicted molar refractivity (Wildman–Crippen MR) is 77.5 cm³/mol. The minimum Gasteiger partial charge on any atom is -0.493 e. The standard InChI is InChI=1S/C17H19NO/c1-13(14-7-3-2-4-8-14)18-11-15-12-19-17-10-6-5-9-16(15)17/h2-10,13,15,18H,11-12H2,1H3. The molecule has 0 fully saturated rings. The summed E-state index contributed by atoms with van der Waals surface area (Å²) < 4.78 is 5.71. The normalized spacial score (nSPS) is 18.7. The Labute approximate surface area is 114 Å². The van der Waals surface area contributed by atoms with Crippen LogP contribution in [0.5, 0.6) is 5.75 Å². The van der Waals surface area contributed by atoms with Crippen LogP contribution in [0.3, 0.4) is 0 Å². The number of fused-ring (bicyclic) bond motifs is 1. The zero-order chi connectivity index (χ0) is 13.1. The van der Waals surface area contributed by atoms with Crippen LogP contribution in [0.25, 0.3) is 0 Å². The maximum atomic E-state index is 5.71. The van der Waals surface area contributed by atoms with Gasteiger partial charge in [0.1, 0.15) is 5.75 Å². The van der Waals surface area contributed by atoms with Crippen molar-refractivity contribution in [1.82, 2.24) is 5.32 Å². The number of rotatable bonds is 4. The second kappa shape index (κ2) is 5.45. The van der Waals surface area contributed by atoms with Gasteiger partial charge in [0.05, 0.1) is 6.61 Å². The fourth-order valence-corrected chi connectivity index (χ4v) is 2.58. The smallest absolute Gasteiger partial charge is 0.122 e. The van der Waals surface area contributed by atoms with E-state index in [4.69, 9.17) is 4.74 Å². The van der Waals surface area contributed by atoms with Gasteiger partial charge in [0.25, 0.3) is 0 Å². The Morgan fingerprint density at radius 3 is 2.68 bits per heavy atom. The summed E-state index contributed by atoms with van der Waals surface area (Å²) in [6, 6.07) is 19.3. The summed E-state index contributed by atoms with van der Waals surface area (Å²) in [5.41, 5.74) is 2.66. The van der Waals surface area contributed by atoms with Gasteiger partial charge in [-0.05, 0) is 18.6 Å². The summed E-state index contributed by atoms with van der Waals surface area (Å²) in [5.74, 6) is 1.50. The molecule has 1 N–H and O–H groups in total. The van der Waals surface area contributed by atoms with Crippen LogP contribution in [-0.2, 0) is 0 Å². The molecule has 0 aromatic heterocycles. The third-order valence-electron chi connectivity index (χ3n) is 3.77. The molecule has 0 radical (unpaired) electrons. The van der Waals surface area contributed by atoms with Gasteiger partial charge in [-0.25, -0.2) is 0 Å². The van der Waals surface area contributed by atoms with Crippen molar-refractivity contribution in [1.29, 1.82) is 0 Å². The Hall–Kier alpha value is -1.80. The molecule has 1 heterocycles. The van der Waals surface area contributed by atoms with Crippen molar-refractivity contribution >= 4 is 0 Å². The van der Waals surface area contributed by atoms with Gasteiger partial charge in [0.15, 0.2) is 0 Å². The van der Waals surface area contributed by atoms with E-state index in [-0.39, 0.29) is 0 Å². The molecule has 19 heavy (non-hydrogen) atoms. The van der Waals surface area contributed by atoms with E-state index in [0.717, 1.165) is 18.9 Å². The molecule has 2 unspecified atom stereocenters. The van der Waals surface area contributed by atoms with Crippen molar-refractivity contribution in [3.05, 3.63) is 65.7 Å². The lowest BCUT2D eigenvalue weighted by atomic mass is 10.0. The summed E-state index contributed by atoms with van der Waals surface area (Å²) in [7, 11) is 0. The van der Waals surface area contributed by atoms with Gasteiger partial charge >= 0.3 is 0 Å². The van der Waals surface area contributed by atoms with Crippen LogP contribution in [0.15, 0.2) is 54.6 Å². The second-order valence-corrected chi connectivity index (χ2v) is 5.09. The summed E-state index contributed by atoms with van der Waals surface area (Å²) in [5, 5.41) is 3.60. The summed E-state index contributed by atoms with van der Waals surface area (Å²) in [6.45, 7) is 3.94. The first kappa shape index (κ1) is 12.2. The van der Waals surface area contributed by atoms with Gasteiger partial charge in [-0.3, -0.25) is 0 Å². The molecule has 2 aromatic rings. The zero-order valence-electron chi connectivity index (χ0n) is 11.2. The molecule has 0 saturated heterocycles. The van der Waals surface area contributed by atoms with E-state index in [1.165, 1.54) is 11.1 Å². The number of hydrogen-bond donors (Lipinski definition) is 1. The van der Waals surface area contributed by atoms with E-state index >= 15 is 0 Å². The summed E-state index contributed by atoms with van der Waals surface area (Å²) in [6.07, 6.45) is 0. The third kappa shape index (κ3) is 2.64. The van der Waals surface area contributed by atoms with E-state index in [9.17, 15) is 0 Å². The number of nitrogens with one attached hydrogen (secondary N) is 1. The van der Waals surface area contributed by atoms with Crippen molar-refractivity contribution in [2.75, 3.05) is 13.2 Å². The van der Waals surface area contributed by atoms with E-state index in [0.29, 0.717) is 12.0 Å². The first-order valence-corrected chi connectivity index (χ1v) is 6.84. The topological polar surface area (TPSA) is 21.3 Å². The van der Waals surface area contributed by atoms with Gasteiger partial charge in [-0.1, -0.05) is 48.5 Å². The highest BCUT2D eigenvalue weighted by Gasteiger charge is 2.23. The molecule has 0 aliphatic carbocycles. The molecule has 98 valence electrons. The van der Waals surface area contributed by atoms with Crippen LogP contribution in [0.2, 0.25) is 0 Å². The van der Waals surface area contributed by atoms with Gasteiger partial charge in [0.2, 0.25) is 0 Å². The van der Waals surface area contributed by atoms with Crippen molar-refractivity contribution in [2.45, 2.75) is 18.9 Å². The van der Waals surface area contributed by atoms with Crippen LogP contribution in [-0.4, -0.2) is 13.2 Å². The molecule has 2 atom stereocenters. The lowest BCUT2D eigenvalue weighted by Crippen LogP contribution is -2.25. The molecule has 0 amide bonds. The monoisotopic (exact) mass is 253 g/mol. The van der Waals surface area contributed by atoms with Gasteiger partial charge < -0.3 is 10.1 Å². The first-order valence-electron chi connectivity index (χ1n) is 6.84. The molecule has 2 heteroatoms. The van der Waals surface area contributed by atoms with Crippen LogP contribution < -0.4 is 10.1 Å². The third-order valence-corrected chi connectivity index (χ3v) is 3.77. The predicted octanol–water partition coefficient (Wildman–Crippen LogP) is 3.51. The lowest BCUT2D eigenvalue weighted by Gasteiger charge is -2.17. The number of benzene rings is 2. The van der Waals surface area contributed by atoms with Crippen LogP contribution in [0, 0.1) is 0 Å². The highest BCUT2D eigenvalue weighted by atomic mass is 16.5. The van der Waals surface area contributed by atoms with Gasteiger partial charge in [-0.15, -0.1) is 0 Å². The van der Waals surface area contributed by atoms with Gasteiger partial charge in [-0.2, -0.15) is 0 Å². The maximum absolute atomic E-state index is 5.71. The Morgan fingerprint density at radius 2 is 1.84 bits per heavy atom. The van der Waals surface area contributed by atoms with Crippen LogP contribution >= 0.6 is 0 Å². The van der Waals surface area contributed by atoms with Crippen molar-refractivity contribution in [2.24, 2.45) is 0 Å². The maximum Gasteiger partial charge on any atom is 0.122 e. The highest BCUT2D eigenvalue weighted by molar-refractivity contribution is 5.39. The quantitative estimate of drug-likeness (QED) is 0.900. The highest BCUT2D eigenvalue weighted by Crippen LogP contribution is 2.33. The van der Waals surface area contributed by atoms with Crippen LogP contribution in [0.4, 0.5) is 0 Å². The molecular weight excluding hydrogens is 234 g/mol. The van der Waals surface area contributed by atoms with E-state index in [1.54, 1.807) is 0 Å². The lowest BCUT2D eigenvalue weighted by molar-refractivity contribution is 0.323. The minimum absolute atomic E-state index is 0.369. The van der Waals surface area contributed by atoms with Crippen molar-refractivity contribution < 1.29 is 4.74 Å². The van der Waals surface area contributed by atoms with Crippen molar-refractivity contribution in [3.63, 3.8) is 0 Å². The Bertz CT molecular complexity index is 538. The fourth-order valence-electron chi connectivity index (χ4n) is 2.58. The number of para-hydroxylation sites is 1. The Kier molecular flexibility index (Phi) is 3.51. The number of ether oxygens (including phenoxy) is 1. The van der Waals surface area contributed by atoms with Crippen LogP contribution in [0.1, 0.15) is 30.0 Å². The Balaban J connectivity index is 1.62. The molecule has 2 aromatic carbocycles.